The van der Waals surface area contributed by atoms with Gasteiger partial charge in [0.1, 0.15) is 5.65 Å². The van der Waals surface area contributed by atoms with E-state index in [2.05, 4.69) is 99.7 Å². The Morgan fingerprint density at radius 3 is 2.44 bits per heavy atom. The van der Waals surface area contributed by atoms with Crippen molar-refractivity contribution >= 4 is 34.8 Å². The summed E-state index contributed by atoms with van der Waals surface area (Å²) in [4.78, 5) is 23.8. The molecule has 0 atom stereocenters. The molecule has 0 fully saturated rings. The first kappa shape index (κ1) is 28.5. The van der Waals surface area contributed by atoms with Gasteiger partial charge >= 0.3 is 0 Å². The van der Waals surface area contributed by atoms with Crippen molar-refractivity contribution in [1.82, 2.24) is 24.8 Å². The Labute approximate surface area is 246 Å². The number of hydrogen-bond donors (Lipinski definition) is 1. The summed E-state index contributed by atoms with van der Waals surface area (Å²) >= 11 is 1.71. The van der Waals surface area contributed by atoms with Crippen molar-refractivity contribution in [2.75, 3.05) is 47.3 Å². The van der Waals surface area contributed by atoms with Crippen molar-refractivity contribution in [3.8, 4) is 27.6 Å². The molecule has 5 rings (SSSR count). The van der Waals surface area contributed by atoms with Crippen LogP contribution in [-0.4, -0.2) is 79.2 Å². The van der Waals surface area contributed by atoms with Gasteiger partial charge in [0, 0.05) is 53.2 Å². The van der Waals surface area contributed by atoms with Gasteiger partial charge in [-0.25, -0.2) is 9.97 Å². The van der Waals surface area contributed by atoms with Gasteiger partial charge < -0.3 is 14.8 Å². The number of benzene rings is 2. The van der Waals surface area contributed by atoms with E-state index in [1.165, 1.54) is 0 Å². The molecule has 41 heavy (non-hydrogen) atoms. The van der Waals surface area contributed by atoms with Crippen LogP contribution in [0, 0.1) is 0 Å². The SMILES string of the molecule is CNCCC/N=C/c1ccc(-c2nc(-c3ccc(/C=N/CCCN(C)C)cc3)nc3c2ccn3-c2ccccc2)s1. The van der Waals surface area contributed by atoms with Gasteiger partial charge in [0.15, 0.2) is 5.82 Å². The van der Waals surface area contributed by atoms with Crippen molar-refractivity contribution in [3.05, 3.63) is 89.4 Å². The van der Waals surface area contributed by atoms with Crippen LogP contribution in [0.3, 0.4) is 0 Å². The largest absolute Gasteiger partial charge is 0.320 e. The molecule has 0 amide bonds. The Balaban J connectivity index is 1.47. The Bertz CT molecular complexity index is 1600. The number of fused-ring (bicyclic) bond motifs is 1. The fraction of sp³-hybridized carbons (Fsp3) is 0.273. The second-order valence-corrected chi connectivity index (χ2v) is 11.3. The number of thiophene rings is 1. The van der Waals surface area contributed by atoms with Crippen LogP contribution in [0.2, 0.25) is 0 Å². The minimum absolute atomic E-state index is 0.702. The minimum atomic E-state index is 0.702. The molecule has 2 aromatic carbocycles. The van der Waals surface area contributed by atoms with E-state index in [4.69, 9.17) is 9.97 Å². The minimum Gasteiger partial charge on any atom is -0.320 e. The highest BCUT2D eigenvalue weighted by atomic mass is 32.1. The molecule has 0 aliphatic carbocycles. The summed E-state index contributed by atoms with van der Waals surface area (Å²) in [6, 6.07) is 25.0. The molecule has 8 heteroatoms. The normalized spacial score (nSPS) is 12.0. The Morgan fingerprint density at radius 2 is 1.66 bits per heavy atom. The summed E-state index contributed by atoms with van der Waals surface area (Å²) in [6.45, 7) is 3.64. The topological polar surface area (TPSA) is 70.7 Å². The highest BCUT2D eigenvalue weighted by molar-refractivity contribution is 7.17. The molecule has 3 heterocycles. The van der Waals surface area contributed by atoms with Crippen LogP contribution < -0.4 is 5.32 Å². The first-order valence-electron chi connectivity index (χ1n) is 14.1. The molecule has 210 valence electrons. The lowest BCUT2D eigenvalue weighted by Crippen LogP contribution is -2.13. The lowest BCUT2D eigenvalue weighted by molar-refractivity contribution is 0.403. The number of rotatable bonds is 13. The zero-order valence-corrected chi connectivity index (χ0v) is 24.8. The van der Waals surface area contributed by atoms with Gasteiger partial charge in [0.25, 0.3) is 0 Å². The van der Waals surface area contributed by atoms with Gasteiger partial charge in [0.05, 0.1) is 10.6 Å². The molecular formula is C33H37N7S. The molecule has 0 aliphatic heterocycles. The maximum atomic E-state index is 5.11. The van der Waals surface area contributed by atoms with Crippen LogP contribution in [-0.2, 0) is 0 Å². The van der Waals surface area contributed by atoms with E-state index in [9.17, 15) is 0 Å². The smallest absolute Gasteiger partial charge is 0.162 e. The van der Waals surface area contributed by atoms with Gasteiger partial charge in [-0.3, -0.25) is 9.98 Å². The van der Waals surface area contributed by atoms with Crippen molar-refractivity contribution in [3.63, 3.8) is 0 Å². The van der Waals surface area contributed by atoms with E-state index in [-0.39, 0.29) is 0 Å². The molecular weight excluding hydrogens is 526 g/mol. The fourth-order valence-corrected chi connectivity index (χ4v) is 5.45. The molecule has 0 aliphatic rings. The third-order valence-electron chi connectivity index (χ3n) is 6.67. The molecule has 0 spiro atoms. The van der Waals surface area contributed by atoms with Crippen molar-refractivity contribution in [2.45, 2.75) is 12.8 Å². The zero-order chi connectivity index (χ0) is 28.4. The molecule has 0 saturated carbocycles. The first-order valence-corrected chi connectivity index (χ1v) is 14.9. The quantitative estimate of drug-likeness (QED) is 0.137. The van der Waals surface area contributed by atoms with Crippen LogP contribution >= 0.6 is 11.3 Å². The second-order valence-electron chi connectivity index (χ2n) is 10.2. The van der Waals surface area contributed by atoms with E-state index in [1.54, 1.807) is 11.3 Å². The summed E-state index contributed by atoms with van der Waals surface area (Å²) in [7, 11) is 6.14. The fourth-order valence-electron chi connectivity index (χ4n) is 4.55. The number of aromatic nitrogens is 3. The van der Waals surface area contributed by atoms with Crippen molar-refractivity contribution in [2.24, 2.45) is 9.98 Å². The zero-order valence-electron chi connectivity index (χ0n) is 24.0. The number of nitrogens with zero attached hydrogens (tertiary/aromatic N) is 6. The van der Waals surface area contributed by atoms with Gasteiger partial charge in [-0.1, -0.05) is 42.5 Å². The standard InChI is InChI=1S/C33H37N7S/c1-34-18-7-19-36-24-28-15-16-30(41-28)31-29-17-22-40(27-9-5-4-6-10-27)33(29)38-32(37-31)26-13-11-25(12-14-26)23-35-20-8-21-39(2)3/h4-6,9-17,22-24,34H,7-8,18-21H2,1-3H3/b35-23+,36-24+. The maximum absolute atomic E-state index is 5.11. The van der Waals surface area contributed by atoms with Crippen LogP contribution in [0.25, 0.3) is 38.7 Å². The van der Waals surface area contributed by atoms with E-state index < -0.39 is 0 Å². The lowest BCUT2D eigenvalue weighted by Gasteiger charge is -2.09. The van der Waals surface area contributed by atoms with Gasteiger partial charge in [-0.15, -0.1) is 11.3 Å². The van der Waals surface area contributed by atoms with Crippen LogP contribution in [0.15, 0.2) is 89.0 Å². The van der Waals surface area contributed by atoms with Crippen molar-refractivity contribution in [1.29, 1.82) is 0 Å². The summed E-state index contributed by atoms with van der Waals surface area (Å²) in [5.41, 5.74) is 4.94. The predicted octanol–water partition coefficient (Wildman–Crippen LogP) is 6.22. The average Bonchev–Trinajstić information content (AvgIpc) is 3.65. The highest BCUT2D eigenvalue weighted by Gasteiger charge is 2.16. The van der Waals surface area contributed by atoms with E-state index in [0.717, 1.165) is 82.3 Å². The Hall–Kier alpha value is -3.98. The molecule has 0 saturated heterocycles. The molecule has 0 unspecified atom stereocenters. The summed E-state index contributed by atoms with van der Waals surface area (Å²) in [6.07, 6.45) is 8.07. The van der Waals surface area contributed by atoms with E-state index in [0.29, 0.717) is 5.82 Å². The average molecular weight is 564 g/mol. The van der Waals surface area contributed by atoms with Crippen LogP contribution in [0.1, 0.15) is 23.3 Å². The second kappa shape index (κ2) is 14.1. The van der Waals surface area contributed by atoms with Gasteiger partial charge in [-0.2, -0.15) is 0 Å². The van der Waals surface area contributed by atoms with Crippen LogP contribution in [0.4, 0.5) is 0 Å². The molecule has 0 radical (unpaired) electrons. The lowest BCUT2D eigenvalue weighted by atomic mass is 10.1. The summed E-state index contributed by atoms with van der Waals surface area (Å²) in [5.74, 6) is 0.702. The monoisotopic (exact) mass is 563 g/mol. The molecule has 7 nitrogen and oxygen atoms in total. The molecule has 0 bridgehead atoms. The van der Waals surface area contributed by atoms with Gasteiger partial charge in [-0.05, 0) is 83.0 Å². The molecule has 5 aromatic rings. The van der Waals surface area contributed by atoms with Gasteiger partial charge in [0.2, 0.25) is 0 Å². The number of para-hydroxylation sites is 1. The number of aliphatic imine (C=N–C) groups is 2. The van der Waals surface area contributed by atoms with Crippen LogP contribution in [0.5, 0.6) is 0 Å². The number of nitrogens with one attached hydrogen (secondary N) is 1. The Kier molecular flexibility index (Phi) is 9.80. The maximum Gasteiger partial charge on any atom is 0.162 e. The summed E-state index contributed by atoms with van der Waals surface area (Å²) < 4.78 is 2.14. The van der Waals surface area contributed by atoms with E-state index >= 15 is 0 Å². The summed E-state index contributed by atoms with van der Waals surface area (Å²) in [5, 5.41) is 4.19. The molecule has 1 N–H and O–H groups in total. The highest BCUT2D eigenvalue weighted by Crippen LogP contribution is 2.34. The number of hydrogen-bond acceptors (Lipinski definition) is 7. The molecule has 3 aromatic heterocycles. The first-order chi connectivity index (χ1) is 20.1. The predicted molar refractivity (Wildman–Crippen MR) is 174 cm³/mol. The van der Waals surface area contributed by atoms with E-state index in [1.807, 2.05) is 37.7 Å². The Morgan fingerprint density at radius 1 is 0.878 bits per heavy atom. The third kappa shape index (κ3) is 7.41. The third-order valence-corrected chi connectivity index (χ3v) is 7.70. The van der Waals surface area contributed by atoms with Crippen molar-refractivity contribution < 1.29 is 0 Å².